The van der Waals surface area contributed by atoms with E-state index in [-0.39, 0.29) is 5.91 Å². The van der Waals surface area contributed by atoms with Crippen molar-refractivity contribution in [2.45, 2.75) is 6.54 Å². The Hall–Kier alpha value is -2.86. The number of rotatable bonds is 4. The van der Waals surface area contributed by atoms with Crippen LogP contribution in [0.15, 0.2) is 63.7 Å². The average Bonchev–Trinajstić information content (AvgIpc) is 3.35. The minimum Gasteiger partial charge on any atom is -0.459 e. The minimum atomic E-state index is -0.0307. The van der Waals surface area contributed by atoms with Gasteiger partial charge in [0, 0.05) is 11.6 Å². The van der Waals surface area contributed by atoms with E-state index in [1.54, 1.807) is 12.1 Å². The first kappa shape index (κ1) is 15.7. The number of benzene rings is 1. The fourth-order valence-corrected chi connectivity index (χ4v) is 3.15. The average molecular weight is 338 g/mol. The van der Waals surface area contributed by atoms with Gasteiger partial charge in [0.25, 0.3) is 5.91 Å². The number of hydrogen-bond acceptors (Lipinski definition) is 4. The van der Waals surface area contributed by atoms with Gasteiger partial charge in [-0.15, -0.1) is 0 Å². The maximum Gasteiger partial charge on any atom is 0.289 e. The molecule has 1 fully saturated rings. The first-order valence-corrected chi connectivity index (χ1v) is 8.47. The predicted molar refractivity (Wildman–Crippen MR) is 91.0 cm³/mol. The summed E-state index contributed by atoms with van der Waals surface area (Å²) < 4.78 is 10.7. The third kappa shape index (κ3) is 3.49. The fourth-order valence-electron chi connectivity index (χ4n) is 3.15. The van der Waals surface area contributed by atoms with E-state index >= 15 is 0 Å². The Bertz CT molecular complexity index is 819. The van der Waals surface area contributed by atoms with E-state index in [1.807, 2.05) is 41.3 Å². The molecule has 3 aromatic rings. The summed E-state index contributed by atoms with van der Waals surface area (Å²) >= 11 is 0. The van der Waals surface area contributed by atoms with Gasteiger partial charge in [-0.1, -0.05) is 35.5 Å². The number of aromatic nitrogens is 1. The summed E-state index contributed by atoms with van der Waals surface area (Å²) in [6.07, 6.45) is 1.53. The lowest BCUT2D eigenvalue weighted by molar-refractivity contribution is -0.917. The Kier molecular flexibility index (Phi) is 4.35. The molecule has 25 heavy (non-hydrogen) atoms. The number of nitrogens with one attached hydrogen (secondary N) is 1. The van der Waals surface area contributed by atoms with Crippen molar-refractivity contribution in [3.05, 3.63) is 66.2 Å². The summed E-state index contributed by atoms with van der Waals surface area (Å²) in [4.78, 5) is 15.5. The highest BCUT2D eigenvalue weighted by Gasteiger charge is 2.26. The van der Waals surface area contributed by atoms with Crippen molar-refractivity contribution >= 4 is 5.91 Å². The van der Waals surface area contributed by atoms with Crippen molar-refractivity contribution < 1.29 is 18.6 Å². The summed E-state index contributed by atoms with van der Waals surface area (Å²) in [5.74, 6) is 1.17. The summed E-state index contributed by atoms with van der Waals surface area (Å²) in [5, 5.41) is 4.19. The monoisotopic (exact) mass is 338 g/mol. The predicted octanol–water partition coefficient (Wildman–Crippen LogP) is 1.48. The van der Waals surface area contributed by atoms with Crippen LogP contribution < -0.4 is 4.90 Å². The first-order chi connectivity index (χ1) is 12.3. The molecule has 0 saturated carbocycles. The maximum absolute atomic E-state index is 12.3. The van der Waals surface area contributed by atoms with Gasteiger partial charge >= 0.3 is 0 Å². The van der Waals surface area contributed by atoms with Crippen molar-refractivity contribution in [3.8, 4) is 11.3 Å². The van der Waals surface area contributed by atoms with E-state index in [0.717, 1.165) is 49.7 Å². The van der Waals surface area contributed by atoms with Crippen LogP contribution in [0.5, 0.6) is 0 Å². The highest BCUT2D eigenvalue weighted by molar-refractivity contribution is 5.91. The molecule has 0 bridgehead atoms. The highest BCUT2D eigenvalue weighted by atomic mass is 16.5. The van der Waals surface area contributed by atoms with Crippen molar-refractivity contribution in [1.29, 1.82) is 0 Å². The van der Waals surface area contributed by atoms with Gasteiger partial charge < -0.3 is 18.7 Å². The van der Waals surface area contributed by atoms with Gasteiger partial charge in [-0.05, 0) is 12.1 Å². The summed E-state index contributed by atoms with van der Waals surface area (Å²) in [6, 6.07) is 15.4. The molecule has 1 aromatic carbocycles. The largest absolute Gasteiger partial charge is 0.459 e. The molecule has 0 radical (unpaired) electrons. The second-order valence-corrected chi connectivity index (χ2v) is 6.24. The summed E-state index contributed by atoms with van der Waals surface area (Å²) in [6.45, 7) is 4.02. The maximum atomic E-state index is 12.3. The SMILES string of the molecule is O=C(c1ccco1)N1CC[NH+](Cc2cc(-c3ccccc3)on2)CC1. The van der Waals surface area contributed by atoms with Gasteiger partial charge in [-0.2, -0.15) is 0 Å². The van der Waals surface area contributed by atoms with E-state index < -0.39 is 0 Å². The molecule has 2 aromatic heterocycles. The molecule has 1 N–H and O–H groups in total. The molecule has 6 heteroatoms. The van der Waals surface area contributed by atoms with Crippen molar-refractivity contribution in [3.63, 3.8) is 0 Å². The minimum absolute atomic E-state index is 0.0307. The topological polar surface area (TPSA) is 63.9 Å². The number of quaternary nitrogens is 1. The van der Waals surface area contributed by atoms with Crippen molar-refractivity contribution in [2.75, 3.05) is 26.2 Å². The molecule has 0 spiro atoms. The van der Waals surface area contributed by atoms with E-state index in [0.29, 0.717) is 5.76 Å². The highest BCUT2D eigenvalue weighted by Crippen LogP contribution is 2.19. The number of hydrogen-bond donors (Lipinski definition) is 1. The zero-order valence-electron chi connectivity index (χ0n) is 13.9. The Morgan fingerprint density at radius 2 is 1.92 bits per heavy atom. The Labute approximate surface area is 145 Å². The number of piperazine rings is 1. The van der Waals surface area contributed by atoms with Gasteiger partial charge in [-0.25, -0.2) is 0 Å². The number of furan rings is 1. The molecule has 0 aliphatic carbocycles. The van der Waals surface area contributed by atoms with E-state index in [4.69, 9.17) is 8.94 Å². The lowest BCUT2D eigenvalue weighted by atomic mass is 10.1. The molecular formula is C19H20N3O3+. The first-order valence-electron chi connectivity index (χ1n) is 8.47. The molecule has 1 saturated heterocycles. The van der Waals surface area contributed by atoms with Crippen molar-refractivity contribution in [2.24, 2.45) is 0 Å². The van der Waals surface area contributed by atoms with Crippen LogP contribution in [0.4, 0.5) is 0 Å². The Morgan fingerprint density at radius 3 is 2.64 bits per heavy atom. The van der Waals surface area contributed by atoms with Gasteiger partial charge in [0.2, 0.25) is 0 Å². The molecule has 0 atom stereocenters. The van der Waals surface area contributed by atoms with Crippen molar-refractivity contribution in [1.82, 2.24) is 10.1 Å². The standard InChI is InChI=1S/C19H19N3O3/c23-19(17-7-4-12-24-17)22-10-8-21(9-11-22)14-16-13-18(25-20-16)15-5-2-1-3-6-15/h1-7,12-13H,8-11,14H2/p+1. The van der Waals surface area contributed by atoms with Crippen LogP contribution in [0.1, 0.15) is 16.2 Å². The Balaban J connectivity index is 1.33. The second-order valence-electron chi connectivity index (χ2n) is 6.24. The summed E-state index contributed by atoms with van der Waals surface area (Å²) in [7, 11) is 0. The molecule has 1 aliphatic rings. The van der Waals surface area contributed by atoms with Crippen LogP contribution in [0.25, 0.3) is 11.3 Å². The van der Waals surface area contributed by atoms with Crippen LogP contribution in [-0.4, -0.2) is 42.1 Å². The number of nitrogens with zero attached hydrogens (tertiary/aromatic N) is 2. The van der Waals surface area contributed by atoms with E-state index in [1.165, 1.54) is 11.2 Å². The van der Waals surface area contributed by atoms with Gasteiger partial charge in [-0.3, -0.25) is 4.79 Å². The van der Waals surface area contributed by atoms with Crippen LogP contribution in [0.2, 0.25) is 0 Å². The van der Waals surface area contributed by atoms with E-state index in [2.05, 4.69) is 5.16 Å². The second kappa shape index (κ2) is 6.94. The van der Waals surface area contributed by atoms with Crippen LogP contribution in [0.3, 0.4) is 0 Å². The quantitative estimate of drug-likeness (QED) is 0.783. The number of carbonyl (C=O) groups excluding carboxylic acids is 1. The molecule has 128 valence electrons. The fraction of sp³-hybridized carbons (Fsp3) is 0.263. The van der Waals surface area contributed by atoms with Gasteiger partial charge in [0.1, 0.15) is 12.2 Å². The van der Waals surface area contributed by atoms with Gasteiger partial charge in [0.05, 0.1) is 32.4 Å². The lowest BCUT2D eigenvalue weighted by Crippen LogP contribution is -3.13. The molecule has 1 aliphatic heterocycles. The van der Waals surface area contributed by atoms with Gasteiger partial charge in [0.15, 0.2) is 11.5 Å². The number of carbonyl (C=O) groups is 1. The van der Waals surface area contributed by atoms with Crippen LogP contribution in [0, 0.1) is 0 Å². The molecular weight excluding hydrogens is 318 g/mol. The smallest absolute Gasteiger partial charge is 0.289 e. The molecule has 0 unspecified atom stereocenters. The zero-order valence-corrected chi connectivity index (χ0v) is 13.9. The zero-order chi connectivity index (χ0) is 17.1. The third-order valence-corrected chi connectivity index (χ3v) is 4.54. The molecule has 6 nitrogen and oxygen atoms in total. The lowest BCUT2D eigenvalue weighted by Gasteiger charge is -2.31. The molecule has 3 heterocycles. The summed E-state index contributed by atoms with van der Waals surface area (Å²) in [5.41, 5.74) is 1.98. The van der Waals surface area contributed by atoms with Crippen LogP contribution >= 0.6 is 0 Å². The molecule has 1 amide bonds. The van der Waals surface area contributed by atoms with E-state index in [9.17, 15) is 4.79 Å². The third-order valence-electron chi connectivity index (χ3n) is 4.54. The van der Waals surface area contributed by atoms with Crippen LogP contribution in [-0.2, 0) is 6.54 Å². The normalized spacial score (nSPS) is 15.4. The molecule has 4 rings (SSSR count). The number of amides is 1. The Morgan fingerprint density at radius 1 is 1.12 bits per heavy atom.